The number of amides is 2. The lowest BCUT2D eigenvalue weighted by Gasteiger charge is -2.23. The number of carbonyl (C=O) groups is 2. The summed E-state index contributed by atoms with van der Waals surface area (Å²) >= 11 is 3.37. The highest BCUT2D eigenvalue weighted by Gasteiger charge is 2.25. The molecule has 0 bridgehead atoms. The number of benzene rings is 2. The van der Waals surface area contributed by atoms with Crippen LogP contribution in [0.1, 0.15) is 18.4 Å². The molecular formula is C21H22BrN3O4. The molecule has 29 heavy (non-hydrogen) atoms. The molecule has 0 fully saturated rings. The lowest BCUT2D eigenvalue weighted by molar-refractivity contribution is -0.118. The average molecular weight is 460 g/mol. The maximum Gasteiger partial charge on any atom is 0.267 e. The van der Waals surface area contributed by atoms with Crippen LogP contribution in [0.25, 0.3) is 0 Å². The summed E-state index contributed by atoms with van der Waals surface area (Å²) in [6, 6.07) is 12.9. The van der Waals surface area contributed by atoms with Gasteiger partial charge in [-0.1, -0.05) is 22.0 Å². The van der Waals surface area contributed by atoms with Crippen molar-refractivity contribution in [3.8, 4) is 11.5 Å². The topological polar surface area (TPSA) is 80.2 Å². The van der Waals surface area contributed by atoms with Crippen LogP contribution in [-0.2, 0) is 16.0 Å². The van der Waals surface area contributed by atoms with Crippen LogP contribution in [-0.4, -0.2) is 38.3 Å². The highest BCUT2D eigenvalue weighted by Crippen LogP contribution is 2.27. The van der Waals surface area contributed by atoms with Crippen LogP contribution in [0.3, 0.4) is 0 Å². The maximum absolute atomic E-state index is 12.5. The van der Waals surface area contributed by atoms with Crippen molar-refractivity contribution in [3.05, 3.63) is 52.5 Å². The summed E-state index contributed by atoms with van der Waals surface area (Å²) in [6.45, 7) is 0.444. The number of anilines is 1. The molecule has 0 aliphatic carbocycles. The summed E-state index contributed by atoms with van der Waals surface area (Å²) in [5.74, 6) is 0.917. The lowest BCUT2D eigenvalue weighted by atomic mass is 10.1. The van der Waals surface area contributed by atoms with Crippen LogP contribution in [0.5, 0.6) is 11.5 Å². The quantitative estimate of drug-likeness (QED) is 0.688. The van der Waals surface area contributed by atoms with Crippen molar-refractivity contribution in [1.29, 1.82) is 0 Å². The van der Waals surface area contributed by atoms with Crippen LogP contribution in [0.15, 0.2) is 52.0 Å². The number of halogens is 1. The van der Waals surface area contributed by atoms with Crippen molar-refractivity contribution in [2.75, 3.05) is 25.8 Å². The zero-order chi connectivity index (χ0) is 20.8. The Labute approximate surface area is 177 Å². The minimum Gasteiger partial charge on any atom is -0.493 e. The van der Waals surface area contributed by atoms with E-state index in [0.717, 1.165) is 10.0 Å². The van der Waals surface area contributed by atoms with E-state index in [9.17, 15) is 9.59 Å². The number of hydrogen-bond donors (Lipinski definition) is 1. The van der Waals surface area contributed by atoms with Gasteiger partial charge in [-0.2, -0.15) is 5.10 Å². The Morgan fingerprint density at radius 1 is 1.10 bits per heavy atom. The Kier molecular flexibility index (Phi) is 6.87. The Morgan fingerprint density at radius 3 is 2.52 bits per heavy atom. The van der Waals surface area contributed by atoms with Crippen LogP contribution >= 0.6 is 15.9 Å². The van der Waals surface area contributed by atoms with E-state index in [2.05, 4.69) is 26.3 Å². The van der Waals surface area contributed by atoms with E-state index in [0.29, 0.717) is 42.3 Å². The van der Waals surface area contributed by atoms with E-state index in [1.807, 2.05) is 30.3 Å². The number of ether oxygens (including phenoxy) is 2. The molecule has 0 saturated heterocycles. The number of methoxy groups -OCH3 is 2. The number of rotatable bonds is 7. The normalized spacial score (nSPS) is 13.7. The van der Waals surface area contributed by atoms with Gasteiger partial charge in [0.05, 0.1) is 19.9 Å². The third-order valence-electron chi connectivity index (χ3n) is 4.51. The monoisotopic (exact) mass is 459 g/mol. The molecule has 2 aromatic carbocycles. The summed E-state index contributed by atoms with van der Waals surface area (Å²) in [5.41, 5.74) is 1.99. The van der Waals surface area contributed by atoms with Crippen LogP contribution < -0.4 is 19.8 Å². The minimum atomic E-state index is -0.264. The van der Waals surface area contributed by atoms with Gasteiger partial charge in [-0.25, -0.2) is 5.01 Å². The van der Waals surface area contributed by atoms with E-state index in [1.54, 1.807) is 26.4 Å². The van der Waals surface area contributed by atoms with E-state index in [4.69, 9.17) is 9.47 Å². The molecule has 3 rings (SSSR count). The van der Waals surface area contributed by atoms with Gasteiger partial charge >= 0.3 is 0 Å². The van der Waals surface area contributed by atoms with Crippen molar-refractivity contribution in [3.63, 3.8) is 0 Å². The Morgan fingerprint density at radius 2 is 1.83 bits per heavy atom. The van der Waals surface area contributed by atoms with Gasteiger partial charge in [0.15, 0.2) is 11.5 Å². The first-order valence-electron chi connectivity index (χ1n) is 9.17. The van der Waals surface area contributed by atoms with Crippen LogP contribution in [0, 0.1) is 0 Å². The average Bonchev–Trinajstić information content (AvgIpc) is 2.74. The molecular weight excluding hydrogens is 438 g/mol. The molecule has 0 atom stereocenters. The molecule has 1 aliphatic rings. The van der Waals surface area contributed by atoms with Crippen molar-refractivity contribution in [1.82, 2.24) is 5.32 Å². The van der Waals surface area contributed by atoms with Crippen molar-refractivity contribution in [2.24, 2.45) is 5.10 Å². The van der Waals surface area contributed by atoms with Crippen LogP contribution in [0.4, 0.5) is 5.69 Å². The van der Waals surface area contributed by atoms with Crippen molar-refractivity contribution in [2.45, 2.75) is 19.3 Å². The van der Waals surface area contributed by atoms with E-state index < -0.39 is 0 Å². The fourth-order valence-electron chi connectivity index (χ4n) is 2.96. The molecule has 1 heterocycles. The first-order valence-corrected chi connectivity index (χ1v) is 9.96. The highest BCUT2D eigenvalue weighted by molar-refractivity contribution is 9.10. The Bertz CT molecular complexity index is 928. The second-order valence-corrected chi connectivity index (χ2v) is 7.34. The second kappa shape index (κ2) is 9.56. The summed E-state index contributed by atoms with van der Waals surface area (Å²) in [4.78, 5) is 24.7. The molecule has 1 N–H and O–H groups in total. The van der Waals surface area contributed by atoms with E-state index >= 15 is 0 Å². The first kappa shape index (κ1) is 20.9. The molecule has 152 valence electrons. The van der Waals surface area contributed by atoms with Gasteiger partial charge in [0.2, 0.25) is 5.91 Å². The van der Waals surface area contributed by atoms with Gasteiger partial charge in [-0.15, -0.1) is 0 Å². The molecule has 2 amide bonds. The molecule has 1 aliphatic heterocycles. The highest BCUT2D eigenvalue weighted by atomic mass is 79.9. The van der Waals surface area contributed by atoms with Gasteiger partial charge in [0.1, 0.15) is 5.71 Å². The van der Waals surface area contributed by atoms with Crippen molar-refractivity contribution >= 4 is 39.1 Å². The molecule has 8 heteroatoms. The Hall–Kier alpha value is -2.87. The smallest absolute Gasteiger partial charge is 0.267 e. The number of nitrogens with zero attached hydrogens (tertiary/aromatic N) is 2. The van der Waals surface area contributed by atoms with Gasteiger partial charge < -0.3 is 14.8 Å². The van der Waals surface area contributed by atoms with E-state index in [1.165, 1.54) is 5.01 Å². The molecule has 0 aromatic heterocycles. The SMILES string of the molecule is COc1ccc(CCNC(=O)C2=NN(c3ccc(Br)cc3)C(=O)CC2)cc1OC. The number of carbonyl (C=O) groups excluding carboxylic acids is 2. The summed E-state index contributed by atoms with van der Waals surface area (Å²) in [6.07, 6.45) is 1.21. The summed E-state index contributed by atoms with van der Waals surface area (Å²) in [5, 5.41) is 8.44. The van der Waals surface area contributed by atoms with Gasteiger partial charge in [0, 0.05) is 23.9 Å². The predicted octanol–water partition coefficient (Wildman–Crippen LogP) is 3.31. The van der Waals surface area contributed by atoms with Crippen LogP contribution in [0.2, 0.25) is 0 Å². The molecule has 0 unspecified atom stereocenters. The zero-order valence-electron chi connectivity index (χ0n) is 16.3. The fraction of sp³-hybridized carbons (Fsp3) is 0.286. The zero-order valence-corrected chi connectivity index (χ0v) is 17.9. The summed E-state index contributed by atoms with van der Waals surface area (Å²) < 4.78 is 11.4. The standard InChI is InChI=1S/C21H22BrN3O4/c1-28-18-9-3-14(13-19(18)29-2)11-12-23-21(27)17-8-10-20(26)25(24-17)16-6-4-15(22)5-7-16/h3-7,9,13H,8,10-12H2,1-2H3,(H,23,27). The number of hydrazone groups is 1. The molecule has 7 nitrogen and oxygen atoms in total. The van der Waals surface area contributed by atoms with E-state index in [-0.39, 0.29) is 18.2 Å². The number of hydrogen-bond acceptors (Lipinski definition) is 5. The van der Waals surface area contributed by atoms with Gasteiger partial charge in [0.25, 0.3) is 5.91 Å². The predicted molar refractivity (Wildman–Crippen MR) is 115 cm³/mol. The molecule has 0 spiro atoms. The molecule has 0 radical (unpaired) electrons. The minimum absolute atomic E-state index is 0.130. The van der Waals surface area contributed by atoms with Gasteiger partial charge in [-0.05, 0) is 48.4 Å². The largest absolute Gasteiger partial charge is 0.493 e. The Balaban J connectivity index is 1.62. The number of nitrogens with one attached hydrogen (secondary N) is 1. The van der Waals surface area contributed by atoms with Crippen molar-refractivity contribution < 1.29 is 19.1 Å². The fourth-order valence-corrected chi connectivity index (χ4v) is 3.22. The summed E-state index contributed by atoms with van der Waals surface area (Å²) in [7, 11) is 3.17. The first-order chi connectivity index (χ1) is 14.0. The lowest BCUT2D eigenvalue weighted by Crippen LogP contribution is -2.39. The second-order valence-electron chi connectivity index (χ2n) is 6.42. The third kappa shape index (κ3) is 5.14. The molecule has 0 saturated carbocycles. The van der Waals surface area contributed by atoms with Gasteiger partial charge in [-0.3, -0.25) is 9.59 Å². The third-order valence-corrected chi connectivity index (χ3v) is 5.04. The maximum atomic E-state index is 12.5. The molecule has 2 aromatic rings.